The van der Waals surface area contributed by atoms with Crippen LogP contribution in [0.3, 0.4) is 0 Å². The van der Waals surface area contributed by atoms with E-state index in [2.05, 4.69) is 5.32 Å². The summed E-state index contributed by atoms with van der Waals surface area (Å²) in [4.78, 5) is 26.4. The van der Waals surface area contributed by atoms with Crippen LogP contribution in [0.25, 0.3) is 0 Å². The molecular formula is C17H20N2O3S. The molecule has 0 spiro atoms. The summed E-state index contributed by atoms with van der Waals surface area (Å²) in [5.74, 6) is 0.491. The molecule has 122 valence electrons. The van der Waals surface area contributed by atoms with Crippen molar-refractivity contribution in [2.45, 2.75) is 13.3 Å². The zero-order chi connectivity index (χ0) is 16.7. The molecule has 2 amide bonds. The highest BCUT2D eigenvalue weighted by Gasteiger charge is 2.15. The molecule has 1 N–H and O–H groups in total. The summed E-state index contributed by atoms with van der Waals surface area (Å²) >= 11 is 1.56. The third kappa shape index (κ3) is 4.82. The average Bonchev–Trinajstić information content (AvgIpc) is 3.04. The van der Waals surface area contributed by atoms with Crippen LogP contribution in [-0.4, -0.2) is 32.0 Å². The van der Waals surface area contributed by atoms with E-state index >= 15 is 0 Å². The summed E-state index contributed by atoms with van der Waals surface area (Å²) in [6.45, 7) is 2.29. The molecule has 0 atom stereocenters. The predicted octanol–water partition coefficient (Wildman–Crippen LogP) is 2.47. The number of benzene rings is 1. The first-order chi connectivity index (χ1) is 11.1. The molecule has 1 aromatic heterocycles. The lowest BCUT2D eigenvalue weighted by Crippen LogP contribution is -2.38. The van der Waals surface area contributed by atoms with Gasteiger partial charge in [0.1, 0.15) is 5.75 Å². The number of amides is 2. The third-order valence-corrected chi connectivity index (χ3v) is 4.20. The Kier molecular flexibility index (Phi) is 6.17. The number of carbonyl (C=O) groups excluding carboxylic acids is 2. The van der Waals surface area contributed by atoms with Gasteiger partial charge in [0.2, 0.25) is 11.8 Å². The largest absolute Gasteiger partial charge is 0.495 e. The summed E-state index contributed by atoms with van der Waals surface area (Å²) in [5.41, 5.74) is 0.704. The summed E-state index contributed by atoms with van der Waals surface area (Å²) in [7, 11) is 1.57. The minimum atomic E-state index is -0.0954. The van der Waals surface area contributed by atoms with Gasteiger partial charge >= 0.3 is 0 Å². The molecule has 0 saturated carbocycles. The van der Waals surface area contributed by atoms with E-state index in [4.69, 9.17) is 4.74 Å². The van der Waals surface area contributed by atoms with Gasteiger partial charge in [0, 0.05) is 24.9 Å². The molecule has 2 aromatic rings. The van der Waals surface area contributed by atoms with Crippen LogP contribution in [0.5, 0.6) is 5.75 Å². The maximum Gasteiger partial charge on any atom is 0.225 e. The smallest absolute Gasteiger partial charge is 0.225 e. The van der Waals surface area contributed by atoms with Crippen LogP contribution in [-0.2, 0) is 16.0 Å². The Morgan fingerprint density at radius 1 is 1.22 bits per heavy atom. The van der Waals surface area contributed by atoms with Crippen LogP contribution in [0.1, 0.15) is 11.8 Å². The molecule has 6 heteroatoms. The second-order valence-corrected chi connectivity index (χ2v) is 5.98. The van der Waals surface area contributed by atoms with Gasteiger partial charge in [0.25, 0.3) is 0 Å². The van der Waals surface area contributed by atoms with Gasteiger partial charge in [0.15, 0.2) is 0 Å². The number of nitrogens with one attached hydrogen (secondary N) is 1. The Balaban J connectivity index is 1.92. The first-order valence-electron chi connectivity index (χ1n) is 7.32. The highest BCUT2D eigenvalue weighted by molar-refractivity contribution is 7.10. The number of para-hydroxylation sites is 2. The molecule has 0 bridgehead atoms. The topological polar surface area (TPSA) is 58.6 Å². The summed E-state index contributed by atoms with van der Waals surface area (Å²) in [6, 6.07) is 11.2. The number of rotatable bonds is 7. The number of ether oxygens (including phenoxy) is 1. The first-order valence-corrected chi connectivity index (χ1v) is 8.20. The third-order valence-electron chi connectivity index (χ3n) is 3.33. The van der Waals surface area contributed by atoms with Crippen LogP contribution >= 0.6 is 11.3 Å². The second-order valence-electron chi connectivity index (χ2n) is 4.95. The van der Waals surface area contributed by atoms with E-state index in [0.29, 0.717) is 30.9 Å². The van der Waals surface area contributed by atoms with Crippen molar-refractivity contribution in [3.8, 4) is 5.75 Å². The first kappa shape index (κ1) is 17.0. The average molecular weight is 332 g/mol. The van der Waals surface area contributed by atoms with Crippen LogP contribution < -0.4 is 15.0 Å². The zero-order valence-electron chi connectivity index (χ0n) is 13.2. The SMILES string of the molecule is COc1ccccc1N(CCNC(=O)Cc1cccs1)C(C)=O. The fourth-order valence-corrected chi connectivity index (χ4v) is 2.94. The lowest BCUT2D eigenvalue weighted by atomic mass is 10.2. The minimum Gasteiger partial charge on any atom is -0.495 e. The Morgan fingerprint density at radius 2 is 2.00 bits per heavy atom. The van der Waals surface area contributed by atoms with Crippen molar-refractivity contribution in [1.82, 2.24) is 5.32 Å². The van der Waals surface area contributed by atoms with Crippen molar-refractivity contribution in [1.29, 1.82) is 0 Å². The molecule has 0 aliphatic rings. The minimum absolute atomic E-state index is 0.0454. The number of thiophene rings is 1. The summed E-state index contributed by atoms with van der Waals surface area (Å²) < 4.78 is 5.29. The molecule has 23 heavy (non-hydrogen) atoms. The maximum absolute atomic E-state index is 11.9. The van der Waals surface area contributed by atoms with Gasteiger partial charge < -0.3 is 15.0 Å². The van der Waals surface area contributed by atoms with Crippen LogP contribution in [0.15, 0.2) is 41.8 Å². The Morgan fingerprint density at radius 3 is 2.65 bits per heavy atom. The number of hydrogen-bond donors (Lipinski definition) is 1. The monoisotopic (exact) mass is 332 g/mol. The number of anilines is 1. The molecule has 1 heterocycles. The molecule has 2 rings (SSSR count). The summed E-state index contributed by atoms with van der Waals surface area (Å²) in [6.07, 6.45) is 0.367. The Labute approximate surface area is 139 Å². The van der Waals surface area contributed by atoms with Gasteiger partial charge in [-0.2, -0.15) is 0 Å². The van der Waals surface area contributed by atoms with Crippen molar-refractivity contribution in [2.75, 3.05) is 25.1 Å². The molecule has 0 aliphatic carbocycles. The highest BCUT2D eigenvalue weighted by atomic mass is 32.1. The second kappa shape index (κ2) is 8.33. The lowest BCUT2D eigenvalue weighted by molar-refractivity contribution is -0.120. The lowest BCUT2D eigenvalue weighted by Gasteiger charge is -2.23. The molecule has 1 aromatic carbocycles. The fourth-order valence-electron chi connectivity index (χ4n) is 2.24. The molecule has 0 saturated heterocycles. The van der Waals surface area contributed by atoms with Gasteiger partial charge in [-0.25, -0.2) is 0 Å². The predicted molar refractivity (Wildman–Crippen MR) is 92.1 cm³/mol. The molecule has 0 fully saturated rings. The molecule has 0 unspecified atom stereocenters. The quantitative estimate of drug-likeness (QED) is 0.847. The molecule has 0 aliphatic heterocycles. The van der Waals surface area contributed by atoms with Gasteiger partial charge in [-0.1, -0.05) is 18.2 Å². The van der Waals surface area contributed by atoms with E-state index in [-0.39, 0.29) is 11.8 Å². The maximum atomic E-state index is 11.9. The van der Waals surface area contributed by atoms with E-state index in [9.17, 15) is 9.59 Å². The van der Waals surface area contributed by atoms with E-state index in [1.807, 2.05) is 35.7 Å². The van der Waals surface area contributed by atoms with Gasteiger partial charge in [0.05, 0.1) is 19.2 Å². The van der Waals surface area contributed by atoms with Crippen molar-refractivity contribution in [2.24, 2.45) is 0 Å². The number of hydrogen-bond acceptors (Lipinski definition) is 4. The zero-order valence-corrected chi connectivity index (χ0v) is 14.1. The van der Waals surface area contributed by atoms with Crippen LogP contribution in [0.4, 0.5) is 5.69 Å². The number of methoxy groups -OCH3 is 1. The van der Waals surface area contributed by atoms with Gasteiger partial charge in [-0.05, 0) is 23.6 Å². The van der Waals surface area contributed by atoms with Crippen molar-refractivity contribution in [3.05, 3.63) is 46.7 Å². The van der Waals surface area contributed by atoms with Gasteiger partial charge in [-0.3, -0.25) is 9.59 Å². The standard InChI is InChI=1S/C17H20N2O3S/c1-13(20)19(15-7-3-4-8-16(15)22-2)10-9-18-17(21)12-14-6-5-11-23-14/h3-8,11H,9-10,12H2,1-2H3,(H,18,21). The Bertz CT molecular complexity index is 656. The van der Waals surface area contributed by atoms with Gasteiger partial charge in [-0.15, -0.1) is 11.3 Å². The van der Waals surface area contributed by atoms with Crippen LogP contribution in [0, 0.1) is 0 Å². The number of carbonyl (C=O) groups is 2. The molecular weight excluding hydrogens is 312 g/mol. The molecule has 5 nitrogen and oxygen atoms in total. The van der Waals surface area contributed by atoms with E-state index < -0.39 is 0 Å². The van der Waals surface area contributed by atoms with Crippen molar-refractivity contribution < 1.29 is 14.3 Å². The van der Waals surface area contributed by atoms with E-state index in [0.717, 1.165) is 4.88 Å². The summed E-state index contributed by atoms with van der Waals surface area (Å²) in [5, 5.41) is 4.79. The highest BCUT2D eigenvalue weighted by Crippen LogP contribution is 2.27. The number of nitrogens with zero attached hydrogens (tertiary/aromatic N) is 1. The van der Waals surface area contributed by atoms with E-state index in [1.54, 1.807) is 29.4 Å². The normalized spacial score (nSPS) is 10.2. The fraction of sp³-hybridized carbons (Fsp3) is 0.294. The van der Waals surface area contributed by atoms with Crippen molar-refractivity contribution in [3.63, 3.8) is 0 Å². The Hall–Kier alpha value is -2.34. The van der Waals surface area contributed by atoms with Crippen molar-refractivity contribution >= 4 is 28.8 Å². The van der Waals surface area contributed by atoms with Crippen LogP contribution in [0.2, 0.25) is 0 Å². The van der Waals surface area contributed by atoms with E-state index in [1.165, 1.54) is 6.92 Å². The molecule has 0 radical (unpaired) electrons.